The van der Waals surface area contributed by atoms with Gasteiger partial charge in [0, 0.05) is 16.6 Å². The molecule has 0 heterocycles. The number of aliphatic hydroxyl groups excluding tert-OH is 1. The summed E-state index contributed by atoms with van der Waals surface area (Å²) in [7, 11) is 0. The summed E-state index contributed by atoms with van der Waals surface area (Å²) in [6.45, 7) is -0.965. The minimum absolute atomic E-state index is 0.179. The Bertz CT molecular complexity index is 358. The average Bonchev–Trinajstić information content (AvgIpc) is 2.15. The lowest BCUT2D eigenvalue weighted by Gasteiger charge is -2.06. The van der Waals surface area contributed by atoms with Crippen LogP contribution >= 0.6 is 15.9 Å². The van der Waals surface area contributed by atoms with Gasteiger partial charge in [0.05, 0.1) is 4.92 Å². The number of hydrogen-bond donors (Lipinski definition) is 1. The number of nitrogens with zero attached hydrogens (tertiary/aromatic N) is 1. The summed E-state index contributed by atoms with van der Waals surface area (Å²) in [4.78, 5) is 9.83. The van der Waals surface area contributed by atoms with E-state index >= 15 is 0 Å². The van der Waals surface area contributed by atoms with Gasteiger partial charge in [-0.2, -0.15) is 0 Å². The predicted octanol–water partition coefficient (Wildman–Crippen LogP) is 2.36. The van der Waals surface area contributed by atoms with Gasteiger partial charge >= 0.3 is 0 Å². The predicted molar refractivity (Wildman–Crippen MR) is 51.7 cm³/mol. The van der Waals surface area contributed by atoms with Gasteiger partial charge in [-0.05, 0) is 11.6 Å². The second kappa shape index (κ2) is 4.47. The van der Waals surface area contributed by atoms with Crippen molar-refractivity contribution in [2.75, 3.05) is 6.67 Å². The summed E-state index contributed by atoms with van der Waals surface area (Å²) in [5.74, 6) is 0. The van der Waals surface area contributed by atoms with E-state index in [9.17, 15) is 14.5 Å². The highest BCUT2D eigenvalue weighted by atomic mass is 79.9. The molecule has 0 spiro atoms. The molecule has 0 amide bonds. The quantitative estimate of drug-likeness (QED) is 0.673. The molecule has 1 unspecified atom stereocenters. The van der Waals surface area contributed by atoms with Gasteiger partial charge in [-0.1, -0.05) is 15.9 Å². The Balaban J connectivity index is 3.13. The Kier molecular flexibility index (Phi) is 3.54. The van der Waals surface area contributed by atoms with Crippen molar-refractivity contribution in [2.24, 2.45) is 0 Å². The molecule has 1 atom stereocenters. The number of nitro benzene ring substituents is 1. The van der Waals surface area contributed by atoms with Gasteiger partial charge in [0.25, 0.3) is 5.69 Å². The zero-order valence-electron chi connectivity index (χ0n) is 6.98. The molecule has 0 saturated heterocycles. The van der Waals surface area contributed by atoms with Crippen LogP contribution in [0.2, 0.25) is 0 Å². The van der Waals surface area contributed by atoms with E-state index in [0.29, 0.717) is 4.47 Å². The summed E-state index contributed by atoms with van der Waals surface area (Å²) in [5, 5.41) is 19.6. The molecule has 1 aromatic carbocycles. The minimum atomic E-state index is -1.31. The van der Waals surface area contributed by atoms with Crippen LogP contribution in [0, 0.1) is 10.1 Å². The van der Waals surface area contributed by atoms with Crippen LogP contribution in [0.4, 0.5) is 10.1 Å². The highest BCUT2D eigenvalue weighted by Gasteiger charge is 2.13. The minimum Gasteiger partial charge on any atom is -0.386 e. The number of halogens is 2. The molecule has 1 rings (SSSR count). The van der Waals surface area contributed by atoms with E-state index in [-0.39, 0.29) is 11.3 Å². The number of rotatable bonds is 3. The molecule has 0 aromatic heterocycles. The lowest BCUT2D eigenvalue weighted by Crippen LogP contribution is -2.00. The summed E-state index contributed by atoms with van der Waals surface area (Å²) in [6.07, 6.45) is -1.31. The standard InChI is InChI=1S/C8H7BrFNO3/c9-6-1-5(8(12)4-10)2-7(3-6)11(13)14/h1-3,8,12H,4H2. The van der Waals surface area contributed by atoms with Gasteiger partial charge in [-0.3, -0.25) is 10.1 Å². The SMILES string of the molecule is O=[N+]([O-])c1cc(Br)cc(C(O)CF)c1. The van der Waals surface area contributed by atoms with Crippen molar-refractivity contribution in [3.05, 3.63) is 38.3 Å². The number of nitro groups is 1. The van der Waals surface area contributed by atoms with Crippen LogP contribution in [0.5, 0.6) is 0 Å². The van der Waals surface area contributed by atoms with Crippen LogP contribution in [0.3, 0.4) is 0 Å². The molecule has 0 aliphatic rings. The summed E-state index contributed by atoms with van der Waals surface area (Å²) < 4.78 is 12.5. The molecule has 0 aliphatic carbocycles. The molecule has 14 heavy (non-hydrogen) atoms. The third-order valence-electron chi connectivity index (χ3n) is 1.65. The smallest absolute Gasteiger partial charge is 0.270 e. The van der Waals surface area contributed by atoms with Crippen LogP contribution in [0.15, 0.2) is 22.7 Å². The molecule has 0 aliphatic heterocycles. The molecule has 0 saturated carbocycles. The van der Waals surface area contributed by atoms with E-state index in [0.717, 1.165) is 6.07 Å². The fourth-order valence-electron chi connectivity index (χ4n) is 0.983. The van der Waals surface area contributed by atoms with Crippen LogP contribution in [0.25, 0.3) is 0 Å². The van der Waals surface area contributed by atoms with Gasteiger partial charge in [-0.25, -0.2) is 4.39 Å². The number of alkyl halides is 1. The van der Waals surface area contributed by atoms with E-state index < -0.39 is 17.7 Å². The first-order valence-corrected chi connectivity index (χ1v) is 4.53. The largest absolute Gasteiger partial charge is 0.386 e. The van der Waals surface area contributed by atoms with Crippen LogP contribution in [-0.2, 0) is 0 Å². The molecule has 1 N–H and O–H groups in total. The number of aliphatic hydroxyl groups is 1. The van der Waals surface area contributed by atoms with E-state index in [2.05, 4.69) is 15.9 Å². The Morgan fingerprint density at radius 3 is 2.71 bits per heavy atom. The van der Waals surface area contributed by atoms with Crippen molar-refractivity contribution in [1.82, 2.24) is 0 Å². The zero-order chi connectivity index (χ0) is 10.7. The maximum absolute atomic E-state index is 12.1. The number of hydrogen-bond acceptors (Lipinski definition) is 3. The van der Waals surface area contributed by atoms with Crippen LogP contribution in [0.1, 0.15) is 11.7 Å². The van der Waals surface area contributed by atoms with Crippen molar-refractivity contribution < 1.29 is 14.4 Å². The lowest BCUT2D eigenvalue weighted by atomic mass is 10.1. The van der Waals surface area contributed by atoms with Crippen molar-refractivity contribution in [3.8, 4) is 0 Å². The molecular weight excluding hydrogens is 257 g/mol. The molecular formula is C8H7BrFNO3. The van der Waals surface area contributed by atoms with Crippen molar-refractivity contribution in [3.63, 3.8) is 0 Å². The average molecular weight is 264 g/mol. The van der Waals surface area contributed by atoms with Gasteiger partial charge in [0.1, 0.15) is 12.8 Å². The third-order valence-corrected chi connectivity index (χ3v) is 2.10. The molecule has 0 fully saturated rings. The normalized spacial score (nSPS) is 12.5. The van der Waals surface area contributed by atoms with E-state index in [1.165, 1.54) is 12.1 Å². The number of benzene rings is 1. The highest BCUT2D eigenvalue weighted by molar-refractivity contribution is 9.10. The van der Waals surface area contributed by atoms with Gasteiger partial charge in [-0.15, -0.1) is 0 Å². The fourth-order valence-corrected chi connectivity index (χ4v) is 1.48. The Morgan fingerprint density at radius 1 is 1.57 bits per heavy atom. The monoisotopic (exact) mass is 263 g/mol. The second-order valence-corrected chi connectivity index (χ2v) is 3.59. The van der Waals surface area contributed by atoms with Gasteiger partial charge in [0.2, 0.25) is 0 Å². The molecule has 0 radical (unpaired) electrons. The highest BCUT2D eigenvalue weighted by Crippen LogP contribution is 2.25. The first-order valence-electron chi connectivity index (χ1n) is 3.73. The summed E-state index contributed by atoms with van der Waals surface area (Å²) in [6, 6.07) is 3.88. The van der Waals surface area contributed by atoms with Gasteiger partial charge < -0.3 is 5.11 Å². The first kappa shape index (κ1) is 11.1. The van der Waals surface area contributed by atoms with E-state index in [4.69, 9.17) is 5.11 Å². The maximum atomic E-state index is 12.1. The zero-order valence-corrected chi connectivity index (χ0v) is 8.57. The fraction of sp³-hybridized carbons (Fsp3) is 0.250. The molecule has 6 heteroatoms. The molecule has 76 valence electrons. The van der Waals surface area contributed by atoms with Crippen molar-refractivity contribution >= 4 is 21.6 Å². The van der Waals surface area contributed by atoms with Crippen molar-refractivity contribution in [2.45, 2.75) is 6.10 Å². The van der Waals surface area contributed by atoms with Crippen LogP contribution in [-0.4, -0.2) is 16.7 Å². The van der Waals surface area contributed by atoms with Gasteiger partial charge in [0.15, 0.2) is 0 Å². The summed E-state index contributed by atoms with van der Waals surface area (Å²) in [5.41, 5.74) is 0.00968. The Morgan fingerprint density at radius 2 is 2.21 bits per heavy atom. The van der Waals surface area contributed by atoms with E-state index in [1.54, 1.807) is 0 Å². The molecule has 1 aromatic rings. The lowest BCUT2D eigenvalue weighted by molar-refractivity contribution is -0.385. The third kappa shape index (κ3) is 2.49. The van der Waals surface area contributed by atoms with Crippen molar-refractivity contribution in [1.29, 1.82) is 0 Å². The molecule has 0 bridgehead atoms. The maximum Gasteiger partial charge on any atom is 0.270 e. The van der Waals surface area contributed by atoms with E-state index in [1.807, 2.05) is 0 Å². The van der Waals surface area contributed by atoms with Crippen LogP contribution < -0.4 is 0 Å². The summed E-state index contributed by atoms with van der Waals surface area (Å²) >= 11 is 3.04. The number of non-ortho nitro benzene ring substituents is 1. The topological polar surface area (TPSA) is 63.4 Å². The Labute approximate surface area is 87.6 Å². The first-order chi connectivity index (χ1) is 6.54. The molecule has 4 nitrogen and oxygen atoms in total. The second-order valence-electron chi connectivity index (χ2n) is 2.67. The Hall–Kier alpha value is -1.01.